The highest BCUT2D eigenvalue weighted by Gasteiger charge is 2.41. The smallest absolute Gasteiger partial charge is 0.0475 e. The third-order valence-electron chi connectivity index (χ3n) is 2.20. The Labute approximate surface area is 87.8 Å². The van der Waals surface area contributed by atoms with E-state index in [0.29, 0.717) is 5.41 Å². The lowest BCUT2D eigenvalue weighted by molar-refractivity contribution is 0.537. The zero-order chi connectivity index (χ0) is 10.4. The molecule has 1 atom stereocenters. The lowest BCUT2D eigenvalue weighted by atomic mass is 9.96. The summed E-state index contributed by atoms with van der Waals surface area (Å²) in [4.78, 5) is 0. The Morgan fingerprint density at radius 1 is 1.23 bits per heavy atom. The van der Waals surface area contributed by atoms with Crippen molar-refractivity contribution < 1.29 is 0 Å². The minimum Gasteiger partial charge on any atom is -0.0837 e. The van der Waals surface area contributed by atoms with Crippen molar-refractivity contribution in [3.8, 4) is 0 Å². The predicted octanol–water partition coefficient (Wildman–Crippen LogP) is 4.90. The maximum absolute atomic E-state index is 6.25. The van der Waals surface area contributed by atoms with Crippen LogP contribution in [-0.2, 0) is 0 Å². The zero-order valence-electron chi connectivity index (χ0n) is 9.33. The average molecular weight is 217 g/mol. The van der Waals surface area contributed by atoms with Crippen molar-refractivity contribution in [1.82, 2.24) is 0 Å². The summed E-state index contributed by atoms with van der Waals surface area (Å²) in [5.74, 6) is 0. The van der Waals surface area contributed by atoms with Gasteiger partial charge in [0.1, 0.15) is 0 Å². The van der Waals surface area contributed by atoms with Gasteiger partial charge in [-0.1, -0.05) is 37.9 Å². The Kier molecular flexibility index (Phi) is 2.95. The third-order valence-corrected chi connectivity index (χ3v) is 5.36. The van der Waals surface area contributed by atoms with Crippen LogP contribution in [0, 0.1) is 5.41 Å². The standard InChI is InChI=1S/C11H18ClP/c1-7(2)8(12)9-10(13(9)6)11(3,4)5/h1-6H3/t13-/m1/s1. The molecule has 0 fully saturated rings. The maximum Gasteiger partial charge on any atom is 0.0475 e. The van der Waals surface area contributed by atoms with Gasteiger partial charge in [0.05, 0.1) is 0 Å². The molecule has 0 saturated carbocycles. The van der Waals surface area contributed by atoms with E-state index in [0.717, 1.165) is 5.03 Å². The van der Waals surface area contributed by atoms with Crippen molar-refractivity contribution in [2.75, 3.05) is 6.66 Å². The van der Waals surface area contributed by atoms with Crippen LogP contribution in [0.3, 0.4) is 0 Å². The van der Waals surface area contributed by atoms with Gasteiger partial charge >= 0.3 is 0 Å². The van der Waals surface area contributed by atoms with Crippen LogP contribution in [0.5, 0.6) is 0 Å². The molecule has 0 nitrogen and oxygen atoms in total. The van der Waals surface area contributed by atoms with Gasteiger partial charge in [0, 0.05) is 10.3 Å². The van der Waals surface area contributed by atoms with Crippen molar-refractivity contribution in [3.63, 3.8) is 0 Å². The molecule has 0 unspecified atom stereocenters. The van der Waals surface area contributed by atoms with Gasteiger partial charge in [-0.3, -0.25) is 0 Å². The molecule has 13 heavy (non-hydrogen) atoms. The van der Waals surface area contributed by atoms with Crippen LogP contribution in [0.1, 0.15) is 34.6 Å². The third kappa shape index (κ3) is 2.17. The molecule has 0 aromatic heterocycles. The first kappa shape index (κ1) is 11.3. The molecule has 0 amide bonds. The average Bonchev–Trinajstić information content (AvgIpc) is 2.58. The van der Waals surface area contributed by atoms with E-state index in [1.54, 1.807) is 5.31 Å². The summed E-state index contributed by atoms with van der Waals surface area (Å²) in [7, 11) is -0.0136. The van der Waals surface area contributed by atoms with E-state index in [-0.39, 0.29) is 7.92 Å². The summed E-state index contributed by atoms with van der Waals surface area (Å²) in [5, 5.41) is 4.05. The van der Waals surface area contributed by atoms with Gasteiger partial charge < -0.3 is 0 Å². The molecule has 0 saturated heterocycles. The van der Waals surface area contributed by atoms with Crippen molar-refractivity contribution in [2.45, 2.75) is 34.6 Å². The molecular formula is C11H18ClP. The van der Waals surface area contributed by atoms with Gasteiger partial charge in [0.15, 0.2) is 0 Å². The normalized spacial score (nSPS) is 21.9. The van der Waals surface area contributed by atoms with E-state index in [9.17, 15) is 0 Å². The molecule has 0 aromatic carbocycles. The first-order valence-electron chi connectivity index (χ1n) is 4.58. The maximum atomic E-state index is 6.25. The number of allylic oxidation sites excluding steroid dienone is 4. The first-order valence-corrected chi connectivity index (χ1v) is 6.75. The Morgan fingerprint density at radius 2 is 1.69 bits per heavy atom. The van der Waals surface area contributed by atoms with Crippen molar-refractivity contribution in [2.24, 2.45) is 5.41 Å². The summed E-state index contributed by atoms with van der Waals surface area (Å²) in [6, 6.07) is 0. The van der Waals surface area contributed by atoms with Gasteiger partial charge in [-0.25, -0.2) is 0 Å². The SMILES string of the molecule is CC(C)=C(Cl)C1=C(C(C)(C)C)[P@]1C. The summed E-state index contributed by atoms with van der Waals surface area (Å²) in [6.07, 6.45) is 0. The Morgan fingerprint density at radius 3 is 1.92 bits per heavy atom. The van der Waals surface area contributed by atoms with E-state index in [1.165, 1.54) is 10.9 Å². The first-order chi connectivity index (χ1) is 5.76. The van der Waals surface area contributed by atoms with Gasteiger partial charge in [-0.15, -0.1) is 0 Å². The van der Waals surface area contributed by atoms with Crippen molar-refractivity contribution >= 4 is 19.5 Å². The minimum atomic E-state index is -0.0136. The lowest BCUT2D eigenvalue weighted by Crippen LogP contribution is -2.00. The largest absolute Gasteiger partial charge is 0.0837 e. The molecule has 0 aromatic rings. The zero-order valence-corrected chi connectivity index (χ0v) is 11.0. The topological polar surface area (TPSA) is 0 Å². The lowest BCUT2D eigenvalue weighted by Gasteiger charge is -2.13. The molecule has 1 aliphatic heterocycles. The highest BCUT2D eigenvalue weighted by molar-refractivity contribution is 7.73. The molecule has 0 spiro atoms. The highest BCUT2D eigenvalue weighted by atomic mass is 35.5. The van der Waals surface area contributed by atoms with Crippen molar-refractivity contribution in [1.29, 1.82) is 0 Å². The molecular weight excluding hydrogens is 199 g/mol. The highest BCUT2D eigenvalue weighted by Crippen LogP contribution is 2.75. The van der Waals surface area contributed by atoms with Crippen LogP contribution in [0.25, 0.3) is 0 Å². The monoisotopic (exact) mass is 216 g/mol. The molecule has 0 N–H and O–H groups in total. The van der Waals surface area contributed by atoms with E-state index < -0.39 is 0 Å². The Bertz CT molecular complexity index is 288. The van der Waals surface area contributed by atoms with Crippen LogP contribution < -0.4 is 0 Å². The Hall–Kier alpha value is 0.200. The predicted molar refractivity (Wildman–Crippen MR) is 63.6 cm³/mol. The fourth-order valence-electron chi connectivity index (χ4n) is 1.59. The molecule has 1 aliphatic rings. The molecule has 74 valence electrons. The molecule has 0 bridgehead atoms. The van der Waals surface area contributed by atoms with Gasteiger partial charge in [-0.2, -0.15) is 0 Å². The summed E-state index contributed by atoms with van der Waals surface area (Å²) < 4.78 is 0. The number of halogens is 1. The van der Waals surface area contributed by atoms with Crippen molar-refractivity contribution in [3.05, 3.63) is 21.2 Å². The molecule has 1 rings (SSSR count). The fraction of sp³-hybridized carbons (Fsp3) is 0.636. The second-order valence-electron chi connectivity index (χ2n) is 4.82. The Balaban J connectivity index is 2.99. The van der Waals surface area contributed by atoms with Crippen LogP contribution in [0.4, 0.5) is 0 Å². The minimum absolute atomic E-state index is 0.0136. The summed E-state index contributed by atoms with van der Waals surface area (Å²) in [6.45, 7) is 13.3. The number of rotatable bonds is 1. The second-order valence-corrected chi connectivity index (χ2v) is 7.21. The van der Waals surface area contributed by atoms with E-state index >= 15 is 0 Å². The molecule has 0 radical (unpaired) electrons. The van der Waals surface area contributed by atoms with E-state index in [1.807, 2.05) is 0 Å². The van der Waals surface area contributed by atoms with Crippen LogP contribution in [-0.4, -0.2) is 6.66 Å². The van der Waals surface area contributed by atoms with Gasteiger partial charge in [-0.05, 0) is 39.2 Å². The van der Waals surface area contributed by atoms with E-state index in [2.05, 4.69) is 41.3 Å². The second kappa shape index (κ2) is 3.41. The van der Waals surface area contributed by atoms with Crippen LogP contribution in [0.15, 0.2) is 21.2 Å². The number of hydrogen-bond donors (Lipinski definition) is 0. The van der Waals surface area contributed by atoms with E-state index in [4.69, 9.17) is 11.6 Å². The molecule has 1 heterocycles. The quantitative estimate of drug-likeness (QED) is 0.547. The van der Waals surface area contributed by atoms with Crippen LogP contribution in [0.2, 0.25) is 0 Å². The van der Waals surface area contributed by atoms with Gasteiger partial charge in [0.25, 0.3) is 0 Å². The number of hydrogen-bond acceptors (Lipinski definition) is 0. The fourth-order valence-corrected chi connectivity index (χ4v) is 4.90. The van der Waals surface area contributed by atoms with Crippen LogP contribution >= 0.6 is 19.5 Å². The molecule has 2 heteroatoms. The van der Waals surface area contributed by atoms with Gasteiger partial charge in [0.2, 0.25) is 0 Å². The molecule has 0 aliphatic carbocycles. The summed E-state index contributed by atoms with van der Waals surface area (Å²) >= 11 is 6.25. The summed E-state index contributed by atoms with van der Waals surface area (Å²) in [5.41, 5.74) is 1.55.